The van der Waals surface area contributed by atoms with Crippen LogP contribution in [0.5, 0.6) is 0 Å². The second-order valence-electron chi connectivity index (χ2n) is 5.37. The number of benzene rings is 1. The zero-order valence-corrected chi connectivity index (χ0v) is 11.9. The lowest BCUT2D eigenvalue weighted by molar-refractivity contribution is 0.410. The Morgan fingerprint density at radius 1 is 1.18 bits per heavy atom. The molecule has 0 aliphatic heterocycles. The maximum absolute atomic E-state index is 5.87. The molecule has 0 aliphatic rings. The second-order valence-corrected chi connectivity index (χ2v) is 6.75. The highest BCUT2D eigenvalue weighted by atomic mass is 35.5. The Bertz CT molecular complexity index is 494. The molecule has 2 aromatic rings. The van der Waals surface area contributed by atoms with E-state index in [1.54, 1.807) is 11.3 Å². The first-order chi connectivity index (χ1) is 7.94. The van der Waals surface area contributed by atoms with E-state index in [1.165, 1.54) is 5.01 Å². The van der Waals surface area contributed by atoms with Crippen LogP contribution >= 0.6 is 22.9 Å². The minimum Gasteiger partial charge on any atom is -0.241 e. The molecule has 17 heavy (non-hydrogen) atoms. The molecule has 1 heterocycles. The lowest BCUT2D eigenvalue weighted by Gasteiger charge is -2.15. The fourth-order valence-corrected chi connectivity index (χ4v) is 2.83. The monoisotopic (exact) mass is 265 g/mol. The summed E-state index contributed by atoms with van der Waals surface area (Å²) in [6, 6.07) is 7.83. The van der Waals surface area contributed by atoms with Crippen molar-refractivity contribution in [2.45, 2.75) is 27.2 Å². The Balaban J connectivity index is 2.21. The lowest BCUT2D eigenvalue weighted by Crippen LogP contribution is -2.08. The molecule has 90 valence electrons. The smallest absolute Gasteiger partial charge is 0.0937 e. The molecular weight excluding hydrogens is 250 g/mol. The van der Waals surface area contributed by atoms with Gasteiger partial charge in [-0.3, -0.25) is 0 Å². The Morgan fingerprint density at radius 3 is 2.41 bits per heavy atom. The normalized spacial score (nSPS) is 11.8. The maximum Gasteiger partial charge on any atom is 0.0937 e. The van der Waals surface area contributed by atoms with Crippen LogP contribution in [0, 0.1) is 5.41 Å². The van der Waals surface area contributed by atoms with Gasteiger partial charge in [0.05, 0.1) is 10.7 Å². The summed E-state index contributed by atoms with van der Waals surface area (Å²) in [6.45, 7) is 6.70. The average Bonchev–Trinajstić information content (AvgIpc) is 2.64. The molecule has 0 radical (unpaired) electrons. The van der Waals surface area contributed by atoms with Crippen LogP contribution in [-0.2, 0) is 6.42 Å². The minimum atomic E-state index is 0.287. The summed E-state index contributed by atoms with van der Waals surface area (Å²) >= 11 is 7.61. The quantitative estimate of drug-likeness (QED) is 0.740. The van der Waals surface area contributed by atoms with Gasteiger partial charge in [-0.25, -0.2) is 4.98 Å². The molecule has 0 aliphatic carbocycles. The van der Waals surface area contributed by atoms with Gasteiger partial charge in [0, 0.05) is 22.4 Å². The number of rotatable bonds is 2. The van der Waals surface area contributed by atoms with Crippen molar-refractivity contribution in [2.75, 3.05) is 0 Å². The third kappa shape index (κ3) is 3.55. The van der Waals surface area contributed by atoms with Crippen LogP contribution in [-0.4, -0.2) is 4.98 Å². The van der Waals surface area contributed by atoms with Gasteiger partial charge in [0.1, 0.15) is 0 Å². The first kappa shape index (κ1) is 12.6. The molecule has 0 saturated heterocycles. The van der Waals surface area contributed by atoms with Crippen molar-refractivity contribution in [3.8, 4) is 11.3 Å². The maximum atomic E-state index is 5.87. The molecule has 0 bridgehead atoms. The zero-order chi connectivity index (χ0) is 12.5. The molecule has 0 saturated carbocycles. The predicted molar refractivity (Wildman–Crippen MR) is 75.7 cm³/mol. The van der Waals surface area contributed by atoms with Gasteiger partial charge in [0.2, 0.25) is 0 Å². The van der Waals surface area contributed by atoms with E-state index < -0.39 is 0 Å². The Morgan fingerprint density at radius 2 is 1.82 bits per heavy atom. The SMILES string of the molecule is CC(C)(C)Cc1nc(-c2ccc(Cl)cc2)cs1. The molecule has 0 N–H and O–H groups in total. The summed E-state index contributed by atoms with van der Waals surface area (Å²) in [5.41, 5.74) is 2.46. The number of aromatic nitrogens is 1. The van der Waals surface area contributed by atoms with E-state index in [2.05, 4.69) is 31.1 Å². The molecule has 1 aromatic heterocycles. The highest BCUT2D eigenvalue weighted by Crippen LogP contribution is 2.27. The van der Waals surface area contributed by atoms with E-state index in [9.17, 15) is 0 Å². The van der Waals surface area contributed by atoms with E-state index in [1.807, 2.05) is 24.3 Å². The molecule has 0 amide bonds. The third-order valence-electron chi connectivity index (χ3n) is 2.37. The van der Waals surface area contributed by atoms with Crippen molar-refractivity contribution in [3.63, 3.8) is 0 Å². The summed E-state index contributed by atoms with van der Waals surface area (Å²) in [7, 11) is 0. The number of hydrogen-bond acceptors (Lipinski definition) is 2. The number of nitrogens with zero attached hydrogens (tertiary/aromatic N) is 1. The zero-order valence-electron chi connectivity index (χ0n) is 10.3. The van der Waals surface area contributed by atoms with Crippen LogP contribution in [0.4, 0.5) is 0 Å². The van der Waals surface area contributed by atoms with E-state index in [0.717, 1.165) is 22.7 Å². The van der Waals surface area contributed by atoms with Crippen LogP contribution in [0.25, 0.3) is 11.3 Å². The summed E-state index contributed by atoms with van der Waals surface area (Å²) in [6.07, 6.45) is 1.02. The largest absolute Gasteiger partial charge is 0.241 e. The van der Waals surface area contributed by atoms with Crippen LogP contribution in [0.2, 0.25) is 5.02 Å². The van der Waals surface area contributed by atoms with Gasteiger partial charge >= 0.3 is 0 Å². The van der Waals surface area contributed by atoms with E-state index in [4.69, 9.17) is 11.6 Å². The highest BCUT2D eigenvalue weighted by molar-refractivity contribution is 7.09. The van der Waals surface area contributed by atoms with Crippen molar-refractivity contribution >= 4 is 22.9 Å². The molecule has 1 nitrogen and oxygen atoms in total. The summed E-state index contributed by atoms with van der Waals surface area (Å²) in [5, 5.41) is 4.07. The standard InChI is InChI=1S/C14H16ClNS/c1-14(2,3)8-13-16-12(9-17-13)10-4-6-11(15)7-5-10/h4-7,9H,8H2,1-3H3. The van der Waals surface area contributed by atoms with E-state index in [0.29, 0.717) is 0 Å². The van der Waals surface area contributed by atoms with Gasteiger partial charge < -0.3 is 0 Å². The van der Waals surface area contributed by atoms with Crippen molar-refractivity contribution in [3.05, 3.63) is 39.7 Å². The minimum absolute atomic E-state index is 0.287. The van der Waals surface area contributed by atoms with Crippen LogP contribution in [0.3, 0.4) is 0 Å². The van der Waals surface area contributed by atoms with Crippen LogP contribution in [0.15, 0.2) is 29.6 Å². The molecule has 3 heteroatoms. The van der Waals surface area contributed by atoms with Gasteiger partial charge in [-0.15, -0.1) is 11.3 Å². The molecule has 0 fully saturated rings. The van der Waals surface area contributed by atoms with Crippen molar-refractivity contribution in [1.29, 1.82) is 0 Å². The fourth-order valence-electron chi connectivity index (χ4n) is 1.60. The molecule has 2 rings (SSSR count). The molecule has 0 unspecified atom stereocenters. The first-order valence-electron chi connectivity index (χ1n) is 5.64. The van der Waals surface area contributed by atoms with Gasteiger partial charge in [0.15, 0.2) is 0 Å². The third-order valence-corrected chi connectivity index (χ3v) is 3.47. The van der Waals surface area contributed by atoms with Crippen molar-refractivity contribution < 1.29 is 0 Å². The molecule has 0 spiro atoms. The van der Waals surface area contributed by atoms with Crippen LogP contribution < -0.4 is 0 Å². The van der Waals surface area contributed by atoms with Crippen molar-refractivity contribution in [1.82, 2.24) is 4.98 Å². The van der Waals surface area contributed by atoms with Crippen LogP contribution in [0.1, 0.15) is 25.8 Å². The highest BCUT2D eigenvalue weighted by Gasteiger charge is 2.14. The number of thiazole rings is 1. The fraction of sp³-hybridized carbons (Fsp3) is 0.357. The molecule has 1 aromatic carbocycles. The summed E-state index contributed by atoms with van der Waals surface area (Å²) < 4.78 is 0. The number of hydrogen-bond donors (Lipinski definition) is 0. The van der Waals surface area contributed by atoms with E-state index >= 15 is 0 Å². The van der Waals surface area contributed by atoms with Gasteiger partial charge in [-0.1, -0.05) is 44.5 Å². The summed E-state index contributed by atoms with van der Waals surface area (Å²) in [4.78, 5) is 4.67. The second kappa shape index (κ2) is 4.79. The average molecular weight is 266 g/mol. The topological polar surface area (TPSA) is 12.9 Å². The molecule has 0 atom stereocenters. The van der Waals surface area contributed by atoms with Gasteiger partial charge in [-0.05, 0) is 17.5 Å². The Kier molecular flexibility index (Phi) is 3.55. The van der Waals surface area contributed by atoms with E-state index in [-0.39, 0.29) is 5.41 Å². The van der Waals surface area contributed by atoms with Gasteiger partial charge in [-0.2, -0.15) is 0 Å². The van der Waals surface area contributed by atoms with Crippen molar-refractivity contribution in [2.24, 2.45) is 5.41 Å². The predicted octanol–water partition coefficient (Wildman–Crippen LogP) is 5.05. The van der Waals surface area contributed by atoms with Gasteiger partial charge in [0.25, 0.3) is 0 Å². The first-order valence-corrected chi connectivity index (χ1v) is 6.90. The lowest BCUT2D eigenvalue weighted by atomic mass is 9.93. The Labute approximate surface area is 111 Å². The Hall–Kier alpha value is -0.860. The summed E-state index contributed by atoms with van der Waals surface area (Å²) in [5.74, 6) is 0. The number of halogens is 1. The molecular formula is C14H16ClNS.